The lowest BCUT2D eigenvalue weighted by atomic mass is 9.98. The van der Waals surface area contributed by atoms with Crippen molar-refractivity contribution in [3.8, 4) is 0 Å². The fourth-order valence-electron chi connectivity index (χ4n) is 0. The van der Waals surface area contributed by atoms with Gasteiger partial charge < -0.3 is 12.9 Å². The van der Waals surface area contributed by atoms with Gasteiger partial charge >= 0.3 is 6.98 Å². The first-order valence-corrected chi connectivity index (χ1v) is 2.45. The zero-order valence-corrected chi connectivity index (χ0v) is 4.38. The predicted molar refractivity (Wildman–Crippen MR) is 22.9 cm³/mol. The lowest BCUT2D eigenvalue weighted by molar-refractivity contribution is 0.486. The van der Waals surface area contributed by atoms with Crippen molar-refractivity contribution in [1.82, 2.24) is 0 Å². The Morgan fingerprint density at radius 3 is 1.50 bits per heavy atom. The van der Waals surface area contributed by atoms with E-state index in [0.717, 1.165) is 0 Å². The largest absolute Gasteiger partial charge is 0.488 e. The molecule has 0 radical (unpaired) electrons. The smallest absolute Gasteiger partial charge is 0.448 e. The third-order valence-corrected chi connectivity index (χ3v) is 0.909. The highest BCUT2D eigenvalue weighted by Gasteiger charge is 2.19. The second-order valence-electron chi connectivity index (χ2n) is 0.865. The van der Waals surface area contributed by atoms with E-state index in [1.807, 2.05) is 0 Å². The van der Waals surface area contributed by atoms with Crippen LogP contribution in [-0.2, 0) is 0 Å². The van der Waals surface area contributed by atoms with Gasteiger partial charge in [-0.1, -0.05) is 0 Å². The van der Waals surface area contributed by atoms with Gasteiger partial charge in [0.2, 0.25) is 0 Å². The molecule has 0 bridgehead atoms. The van der Waals surface area contributed by atoms with E-state index in [-0.39, 0.29) is 0 Å². The molecule has 0 saturated carbocycles. The SMILES string of the molecule is F[B-](F)(F)CBr. The molecular formula is CH2BBrF3-. The molecule has 0 atom stereocenters. The number of hydrogen-bond acceptors (Lipinski definition) is 0. The number of rotatable bonds is 1. The number of hydrogen-bond donors (Lipinski definition) is 0. The summed E-state index contributed by atoms with van der Waals surface area (Å²) in [5, 5.41) is -0.854. The highest BCUT2D eigenvalue weighted by molar-refractivity contribution is 9.09. The van der Waals surface area contributed by atoms with Gasteiger partial charge in [-0.05, 0) is 5.23 Å². The molecule has 0 unspecified atom stereocenters. The van der Waals surface area contributed by atoms with Crippen LogP contribution in [0.5, 0.6) is 0 Å². The van der Waals surface area contributed by atoms with E-state index in [0.29, 0.717) is 0 Å². The second-order valence-corrected chi connectivity index (χ2v) is 1.51. The third kappa shape index (κ3) is 4.33. The monoisotopic (exact) mass is 161 g/mol. The summed E-state index contributed by atoms with van der Waals surface area (Å²) >= 11 is 2.27. The van der Waals surface area contributed by atoms with Crippen LogP contribution in [0, 0.1) is 0 Å². The fraction of sp³-hybridized carbons (Fsp3) is 1.00. The molecule has 0 aliphatic carbocycles. The van der Waals surface area contributed by atoms with Crippen molar-refractivity contribution in [2.45, 2.75) is 0 Å². The van der Waals surface area contributed by atoms with Gasteiger partial charge in [0.25, 0.3) is 0 Å². The molecule has 0 N–H and O–H groups in total. The minimum Gasteiger partial charge on any atom is -0.448 e. The van der Waals surface area contributed by atoms with Gasteiger partial charge in [0.1, 0.15) is 0 Å². The van der Waals surface area contributed by atoms with Gasteiger partial charge in [-0.3, -0.25) is 0 Å². The fourth-order valence-corrected chi connectivity index (χ4v) is 0. The van der Waals surface area contributed by atoms with Crippen LogP contribution in [0.4, 0.5) is 12.9 Å². The Kier molecular flexibility index (Phi) is 1.97. The van der Waals surface area contributed by atoms with Crippen molar-refractivity contribution < 1.29 is 12.9 Å². The van der Waals surface area contributed by atoms with Gasteiger partial charge in [-0.25, -0.2) is 0 Å². The van der Waals surface area contributed by atoms with Crippen molar-refractivity contribution in [2.24, 2.45) is 0 Å². The minimum absolute atomic E-state index is 0.854. The van der Waals surface area contributed by atoms with Crippen LogP contribution in [0.1, 0.15) is 0 Å². The topological polar surface area (TPSA) is 0 Å². The van der Waals surface area contributed by atoms with E-state index in [1.54, 1.807) is 0 Å². The molecule has 0 aliphatic rings. The second kappa shape index (κ2) is 1.86. The van der Waals surface area contributed by atoms with E-state index < -0.39 is 12.2 Å². The molecule has 0 fully saturated rings. The third-order valence-electron chi connectivity index (χ3n) is 0.175. The Morgan fingerprint density at radius 1 is 1.33 bits per heavy atom. The van der Waals surface area contributed by atoms with Gasteiger partial charge in [0.05, 0.1) is 0 Å². The maximum atomic E-state index is 10.8. The number of alkyl halides is 1. The van der Waals surface area contributed by atoms with E-state index in [1.165, 1.54) is 0 Å². The van der Waals surface area contributed by atoms with Crippen LogP contribution in [0.2, 0.25) is 0 Å². The van der Waals surface area contributed by atoms with Crippen LogP contribution in [-0.4, -0.2) is 12.2 Å². The van der Waals surface area contributed by atoms with Crippen molar-refractivity contribution in [1.29, 1.82) is 0 Å². The quantitative estimate of drug-likeness (QED) is 0.406. The first kappa shape index (κ1) is 6.33. The molecule has 38 valence electrons. The molecule has 0 saturated heterocycles. The molecule has 0 aromatic carbocycles. The molecule has 0 aromatic heterocycles. The van der Waals surface area contributed by atoms with Crippen molar-refractivity contribution in [3.63, 3.8) is 0 Å². The summed E-state index contributed by atoms with van der Waals surface area (Å²) in [4.78, 5) is 0. The van der Waals surface area contributed by atoms with Crippen molar-refractivity contribution in [2.75, 3.05) is 5.23 Å². The van der Waals surface area contributed by atoms with Crippen molar-refractivity contribution >= 4 is 22.9 Å². The first-order chi connectivity index (χ1) is 2.56. The van der Waals surface area contributed by atoms with Gasteiger partial charge in [-0.2, -0.15) is 0 Å². The summed E-state index contributed by atoms with van der Waals surface area (Å²) in [7, 11) is 0. The predicted octanol–water partition coefficient (Wildman–Crippen LogP) is 1.77. The summed E-state index contributed by atoms with van der Waals surface area (Å²) in [5.74, 6) is 0. The number of halogens is 4. The summed E-state index contributed by atoms with van der Waals surface area (Å²) in [6.45, 7) is -4.57. The van der Waals surface area contributed by atoms with Crippen LogP contribution in [0.25, 0.3) is 0 Å². The summed E-state index contributed by atoms with van der Waals surface area (Å²) in [6, 6.07) is 0. The first-order valence-electron chi connectivity index (χ1n) is 1.33. The Labute approximate surface area is 41.9 Å². The molecule has 0 rings (SSSR count). The molecule has 0 nitrogen and oxygen atoms in total. The van der Waals surface area contributed by atoms with Gasteiger partial charge in [0, 0.05) is 0 Å². The van der Waals surface area contributed by atoms with Crippen LogP contribution in [0.3, 0.4) is 0 Å². The summed E-state index contributed by atoms with van der Waals surface area (Å²) < 4.78 is 32.4. The highest BCUT2D eigenvalue weighted by Crippen LogP contribution is 2.09. The highest BCUT2D eigenvalue weighted by atomic mass is 79.9. The lowest BCUT2D eigenvalue weighted by Crippen LogP contribution is -2.16. The van der Waals surface area contributed by atoms with Crippen LogP contribution >= 0.6 is 15.9 Å². The molecule has 0 spiro atoms. The van der Waals surface area contributed by atoms with Crippen molar-refractivity contribution in [3.05, 3.63) is 0 Å². The normalized spacial score (nSPS) is 12.0. The summed E-state index contributed by atoms with van der Waals surface area (Å²) in [5.41, 5.74) is 0. The Morgan fingerprint density at radius 2 is 1.50 bits per heavy atom. The zero-order valence-electron chi connectivity index (χ0n) is 2.80. The molecule has 6 heavy (non-hydrogen) atoms. The Hall–Kier alpha value is 0.335. The molecular weight excluding hydrogens is 160 g/mol. The van der Waals surface area contributed by atoms with E-state index in [9.17, 15) is 12.9 Å². The maximum Gasteiger partial charge on any atom is 0.488 e. The van der Waals surface area contributed by atoms with E-state index in [2.05, 4.69) is 15.9 Å². The molecule has 0 amide bonds. The standard InChI is InChI=1S/CH2BBrF3/c3-1-2(4,5)6/h1H2/q-1. The van der Waals surface area contributed by atoms with Gasteiger partial charge in [-0.15, -0.1) is 15.9 Å². The van der Waals surface area contributed by atoms with E-state index >= 15 is 0 Å². The average Bonchev–Trinajstić information content (AvgIpc) is 1.35. The average molecular weight is 162 g/mol. The zero-order chi connectivity index (χ0) is 5.21. The summed E-state index contributed by atoms with van der Waals surface area (Å²) in [6.07, 6.45) is 0. The molecule has 0 aromatic rings. The Balaban J connectivity index is 3.17. The van der Waals surface area contributed by atoms with Crippen LogP contribution in [0.15, 0.2) is 0 Å². The molecule has 0 heterocycles. The maximum absolute atomic E-state index is 10.8. The lowest BCUT2D eigenvalue weighted by Gasteiger charge is -2.05. The molecule has 5 heteroatoms. The van der Waals surface area contributed by atoms with Crippen LogP contribution < -0.4 is 0 Å². The minimum atomic E-state index is -4.57. The van der Waals surface area contributed by atoms with E-state index in [4.69, 9.17) is 0 Å². The molecule has 0 aliphatic heterocycles. The Bertz CT molecular complexity index is 40.5. The van der Waals surface area contributed by atoms with Gasteiger partial charge in [0.15, 0.2) is 0 Å².